The number of carbonyl (C=O) groups is 1. The fourth-order valence-electron chi connectivity index (χ4n) is 5.04. The monoisotopic (exact) mass is 469 g/mol. The molecule has 2 aliphatic rings. The summed E-state index contributed by atoms with van der Waals surface area (Å²) in [6, 6.07) is 16.3. The van der Waals surface area contributed by atoms with Gasteiger partial charge in [-0.1, -0.05) is 61.8 Å². The smallest absolute Gasteiger partial charge is 0.226 e. The molecule has 1 atom stereocenters. The molecule has 2 aromatic rings. The SMILES string of the molecule is CC1(C)CCC(N2CCC(Cc3ccc(OCCOCc4ccccc4)cc3Cl)C2=O)CC1. The molecule has 0 N–H and O–H groups in total. The molecule has 178 valence electrons. The van der Waals surface area contributed by atoms with Gasteiger partial charge in [-0.3, -0.25) is 4.79 Å². The fraction of sp³-hybridized carbons (Fsp3) is 0.536. The lowest BCUT2D eigenvalue weighted by atomic mass is 9.75. The van der Waals surface area contributed by atoms with Crippen LogP contribution >= 0.6 is 11.6 Å². The molecule has 1 amide bonds. The molecule has 0 bridgehead atoms. The standard InChI is InChI=1S/C28H36ClNO3/c1-28(2)13-10-24(11-14-28)30-15-12-23(27(30)31)18-22-8-9-25(19-26(22)29)33-17-16-32-20-21-6-4-3-5-7-21/h3-9,19,23-24H,10-18,20H2,1-2H3. The molecule has 1 aliphatic heterocycles. The predicted molar refractivity (Wildman–Crippen MR) is 133 cm³/mol. The number of ether oxygens (including phenoxy) is 2. The highest BCUT2D eigenvalue weighted by atomic mass is 35.5. The zero-order valence-corrected chi connectivity index (χ0v) is 20.7. The zero-order chi connectivity index (χ0) is 23.3. The first-order valence-corrected chi connectivity index (χ1v) is 12.6. The van der Waals surface area contributed by atoms with E-state index in [-0.39, 0.29) is 5.92 Å². The Morgan fingerprint density at radius 1 is 1.03 bits per heavy atom. The van der Waals surface area contributed by atoms with Gasteiger partial charge < -0.3 is 14.4 Å². The summed E-state index contributed by atoms with van der Waals surface area (Å²) >= 11 is 6.56. The molecule has 1 saturated heterocycles. The van der Waals surface area contributed by atoms with Crippen LogP contribution in [0.25, 0.3) is 0 Å². The van der Waals surface area contributed by atoms with Crippen molar-refractivity contribution < 1.29 is 14.3 Å². The van der Waals surface area contributed by atoms with Gasteiger partial charge in [0.15, 0.2) is 0 Å². The molecule has 1 unspecified atom stereocenters. The highest BCUT2D eigenvalue weighted by Crippen LogP contribution is 2.39. The summed E-state index contributed by atoms with van der Waals surface area (Å²) in [5, 5.41) is 0.670. The van der Waals surface area contributed by atoms with E-state index in [1.54, 1.807) is 0 Å². The van der Waals surface area contributed by atoms with E-state index in [9.17, 15) is 4.79 Å². The second kappa shape index (κ2) is 10.9. The highest BCUT2D eigenvalue weighted by molar-refractivity contribution is 6.31. The minimum absolute atomic E-state index is 0.0376. The molecule has 1 aliphatic carbocycles. The van der Waals surface area contributed by atoms with Crippen molar-refractivity contribution in [3.8, 4) is 5.75 Å². The topological polar surface area (TPSA) is 38.8 Å². The van der Waals surface area contributed by atoms with Crippen LogP contribution in [0.1, 0.15) is 57.1 Å². The second-order valence-corrected chi connectivity index (χ2v) is 10.7. The van der Waals surface area contributed by atoms with E-state index in [1.165, 1.54) is 12.8 Å². The van der Waals surface area contributed by atoms with E-state index in [4.69, 9.17) is 21.1 Å². The van der Waals surface area contributed by atoms with Crippen LogP contribution in [0, 0.1) is 11.3 Å². The van der Waals surface area contributed by atoms with Crippen molar-refractivity contribution in [3.05, 3.63) is 64.7 Å². The van der Waals surface area contributed by atoms with Crippen LogP contribution in [-0.4, -0.2) is 36.6 Å². The maximum absolute atomic E-state index is 13.1. The molecule has 1 saturated carbocycles. The van der Waals surface area contributed by atoms with Gasteiger partial charge in [0.05, 0.1) is 13.2 Å². The third-order valence-electron chi connectivity index (χ3n) is 7.20. The van der Waals surface area contributed by atoms with E-state index in [0.717, 1.165) is 42.7 Å². The quantitative estimate of drug-likeness (QED) is 0.405. The number of halogens is 1. The lowest BCUT2D eigenvalue weighted by Crippen LogP contribution is -2.41. The first-order chi connectivity index (χ1) is 15.9. The Kier molecular flexibility index (Phi) is 7.98. The summed E-state index contributed by atoms with van der Waals surface area (Å²) in [6.45, 7) is 7.12. The van der Waals surface area contributed by atoms with Gasteiger partial charge in [0.2, 0.25) is 5.91 Å². The molecule has 2 aromatic carbocycles. The number of hydrogen-bond donors (Lipinski definition) is 0. The van der Waals surface area contributed by atoms with Crippen LogP contribution in [-0.2, 0) is 22.6 Å². The van der Waals surface area contributed by atoms with Gasteiger partial charge in [0.25, 0.3) is 0 Å². The number of amides is 1. The number of benzene rings is 2. The molecule has 33 heavy (non-hydrogen) atoms. The second-order valence-electron chi connectivity index (χ2n) is 10.3. The maximum Gasteiger partial charge on any atom is 0.226 e. The fourth-order valence-corrected chi connectivity index (χ4v) is 5.29. The van der Waals surface area contributed by atoms with Crippen molar-refractivity contribution in [2.24, 2.45) is 11.3 Å². The van der Waals surface area contributed by atoms with Gasteiger partial charge in [-0.15, -0.1) is 0 Å². The Balaban J connectivity index is 1.22. The molecule has 2 fully saturated rings. The summed E-state index contributed by atoms with van der Waals surface area (Å²) < 4.78 is 11.5. The van der Waals surface area contributed by atoms with Gasteiger partial charge in [-0.25, -0.2) is 0 Å². The summed E-state index contributed by atoms with van der Waals surface area (Å²) in [6.07, 6.45) is 6.30. The molecular weight excluding hydrogens is 434 g/mol. The number of nitrogens with zero attached hydrogens (tertiary/aromatic N) is 1. The largest absolute Gasteiger partial charge is 0.491 e. The Morgan fingerprint density at radius 3 is 2.52 bits per heavy atom. The van der Waals surface area contributed by atoms with Gasteiger partial charge in [-0.05, 0) is 67.2 Å². The van der Waals surface area contributed by atoms with Crippen LogP contribution in [0.4, 0.5) is 0 Å². The Morgan fingerprint density at radius 2 is 1.79 bits per heavy atom. The van der Waals surface area contributed by atoms with E-state index in [1.807, 2.05) is 48.5 Å². The number of carbonyl (C=O) groups excluding carboxylic acids is 1. The van der Waals surface area contributed by atoms with Crippen molar-refractivity contribution in [3.63, 3.8) is 0 Å². The number of rotatable bonds is 9. The van der Waals surface area contributed by atoms with Crippen molar-refractivity contribution in [2.45, 2.75) is 65.0 Å². The van der Waals surface area contributed by atoms with Crippen LogP contribution in [0.2, 0.25) is 5.02 Å². The van der Waals surface area contributed by atoms with Crippen molar-refractivity contribution in [1.29, 1.82) is 0 Å². The van der Waals surface area contributed by atoms with Gasteiger partial charge in [0.1, 0.15) is 12.4 Å². The predicted octanol–water partition coefficient (Wildman–Crippen LogP) is 6.30. The Bertz CT molecular complexity index is 920. The first-order valence-electron chi connectivity index (χ1n) is 12.2. The lowest BCUT2D eigenvalue weighted by Gasteiger charge is -2.38. The van der Waals surface area contributed by atoms with Crippen LogP contribution in [0.3, 0.4) is 0 Å². The van der Waals surface area contributed by atoms with Gasteiger partial charge >= 0.3 is 0 Å². The van der Waals surface area contributed by atoms with Crippen molar-refractivity contribution in [2.75, 3.05) is 19.8 Å². The third-order valence-corrected chi connectivity index (χ3v) is 7.55. The Labute approximate surface area is 203 Å². The van der Waals surface area contributed by atoms with E-state index >= 15 is 0 Å². The van der Waals surface area contributed by atoms with Gasteiger partial charge in [0, 0.05) is 23.5 Å². The first kappa shape index (κ1) is 24.1. The minimum atomic E-state index is 0.0376. The molecule has 5 heteroatoms. The summed E-state index contributed by atoms with van der Waals surface area (Å²) in [7, 11) is 0. The van der Waals surface area contributed by atoms with Crippen LogP contribution in [0.15, 0.2) is 48.5 Å². The Hall–Kier alpha value is -2.04. The van der Waals surface area contributed by atoms with Crippen LogP contribution < -0.4 is 4.74 Å². The molecule has 1 heterocycles. The lowest BCUT2D eigenvalue weighted by molar-refractivity contribution is -0.133. The van der Waals surface area contributed by atoms with Crippen molar-refractivity contribution >= 4 is 17.5 Å². The van der Waals surface area contributed by atoms with E-state index < -0.39 is 0 Å². The summed E-state index contributed by atoms with van der Waals surface area (Å²) in [4.78, 5) is 15.3. The minimum Gasteiger partial charge on any atom is -0.491 e. The summed E-state index contributed by atoms with van der Waals surface area (Å²) in [5.41, 5.74) is 2.59. The normalized spacial score (nSPS) is 20.9. The highest BCUT2D eigenvalue weighted by Gasteiger charge is 2.38. The molecular formula is C28H36ClNO3. The zero-order valence-electron chi connectivity index (χ0n) is 19.9. The average Bonchev–Trinajstić information content (AvgIpc) is 3.16. The van der Waals surface area contributed by atoms with E-state index in [0.29, 0.717) is 48.6 Å². The molecule has 0 aromatic heterocycles. The average molecular weight is 470 g/mol. The van der Waals surface area contributed by atoms with Crippen LogP contribution in [0.5, 0.6) is 5.75 Å². The molecule has 4 nitrogen and oxygen atoms in total. The third kappa shape index (κ3) is 6.51. The van der Waals surface area contributed by atoms with Gasteiger partial charge in [-0.2, -0.15) is 0 Å². The van der Waals surface area contributed by atoms with E-state index in [2.05, 4.69) is 18.7 Å². The molecule has 4 rings (SSSR count). The molecule has 0 spiro atoms. The summed E-state index contributed by atoms with van der Waals surface area (Å²) in [5.74, 6) is 1.08. The maximum atomic E-state index is 13.1. The molecule has 0 radical (unpaired) electrons. The number of likely N-dealkylation sites (tertiary alicyclic amines) is 1. The van der Waals surface area contributed by atoms with Crippen molar-refractivity contribution in [1.82, 2.24) is 4.90 Å². The number of hydrogen-bond acceptors (Lipinski definition) is 3.